The molecule has 102 valence electrons. The number of carbonyl (C=O) groups is 1. The molecule has 0 aliphatic rings. The molecule has 0 amide bonds. The van der Waals surface area contributed by atoms with Gasteiger partial charge in [0.2, 0.25) is 5.91 Å². The Labute approximate surface area is 119 Å². The topological polar surface area (TPSA) is 22.0 Å². The molecule has 0 saturated carbocycles. The molecule has 2 aromatic carbocycles. The molecule has 0 spiro atoms. The zero-order chi connectivity index (χ0) is 13.9. The third-order valence-corrected chi connectivity index (χ3v) is 3.82. The number of carbonyl (C=O) groups excluding carboxylic acids is 1. The van der Waals surface area contributed by atoms with E-state index in [1.165, 1.54) is 0 Å². The van der Waals surface area contributed by atoms with Gasteiger partial charge in [-0.05, 0) is 18.6 Å². The molecule has 0 radical (unpaired) electrons. The highest BCUT2D eigenvalue weighted by Crippen LogP contribution is 2.29. The largest absolute Gasteiger partial charge is 0.280 e. The van der Waals surface area contributed by atoms with Gasteiger partial charge in [-0.3, -0.25) is 9.36 Å². The summed E-state index contributed by atoms with van der Waals surface area (Å²) in [7, 11) is 0. The number of unbranched alkanes of at least 4 members (excludes halogenated alkanes) is 2. The predicted molar refractivity (Wildman–Crippen MR) is 84.2 cm³/mol. The molecule has 0 aliphatic carbocycles. The van der Waals surface area contributed by atoms with Crippen LogP contribution in [0.3, 0.4) is 0 Å². The molecule has 20 heavy (non-hydrogen) atoms. The monoisotopic (exact) mass is 265 g/mol. The van der Waals surface area contributed by atoms with E-state index >= 15 is 0 Å². The molecular weight excluding hydrogens is 246 g/mol. The van der Waals surface area contributed by atoms with Gasteiger partial charge in [-0.1, -0.05) is 56.2 Å². The van der Waals surface area contributed by atoms with E-state index < -0.39 is 0 Å². The third kappa shape index (κ3) is 2.11. The Morgan fingerprint density at radius 1 is 0.900 bits per heavy atom. The van der Waals surface area contributed by atoms with Crippen LogP contribution in [0.15, 0.2) is 48.5 Å². The standard InChI is InChI=1S/C18H19NO/c1-2-3-4-13-18(20)19-16-11-7-5-9-14(16)15-10-6-8-12-17(15)19/h5-12H,2-4,13H2,1H3. The fraction of sp³-hybridized carbons (Fsp3) is 0.278. The highest BCUT2D eigenvalue weighted by atomic mass is 16.2. The van der Waals surface area contributed by atoms with Crippen LogP contribution in [0.25, 0.3) is 21.8 Å². The highest BCUT2D eigenvalue weighted by molar-refractivity contribution is 6.13. The van der Waals surface area contributed by atoms with Crippen molar-refractivity contribution in [1.82, 2.24) is 4.57 Å². The quantitative estimate of drug-likeness (QED) is 0.607. The average molecular weight is 265 g/mol. The van der Waals surface area contributed by atoms with Crippen molar-refractivity contribution in [1.29, 1.82) is 0 Å². The van der Waals surface area contributed by atoms with Gasteiger partial charge in [0, 0.05) is 17.2 Å². The fourth-order valence-corrected chi connectivity index (χ4v) is 2.83. The van der Waals surface area contributed by atoms with Crippen LogP contribution in [-0.4, -0.2) is 10.5 Å². The number of fused-ring (bicyclic) bond motifs is 3. The first kappa shape index (κ1) is 12.9. The van der Waals surface area contributed by atoms with Crippen LogP contribution in [0.5, 0.6) is 0 Å². The Hall–Kier alpha value is -2.09. The number of aromatic nitrogens is 1. The molecule has 0 aliphatic heterocycles. The molecule has 0 unspecified atom stereocenters. The fourth-order valence-electron chi connectivity index (χ4n) is 2.83. The van der Waals surface area contributed by atoms with Gasteiger partial charge < -0.3 is 0 Å². The second kappa shape index (κ2) is 5.49. The van der Waals surface area contributed by atoms with Crippen molar-refractivity contribution >= 4 is 27.7 Å². The number of hydrogen-bond acceptors (Lipinski definition) is 1. The van der Waals surface area contributed by atoms with Crippen molar-refractivity contribution in [3.8, 4) is 0 Å². The lowest BCUT2D eigenvalue weighted by Gasteiger charge is -2.05. The zero-order valence-electron chi connectivity index (χ0n) is 11.8. The molecule has 2 heteroatoms. The van der Waals surface area contributed by atoms with Gasteiger partial charge in [0.15, 0.2) is 0 Å². The Morgan fingerprint density at radius 2 is 1.45 bits per heavy atom. The summed E-state index contributed by atoms with van der Waals surface area (Å²) in [5.41, 5.74) is 2.05. The molecule has 1 heterocycles. The van der Waals surface area contributed by atoms with E-state index in [0.29, 0.717) is 6.42 Å². The van der Waals surface area contributed by atoms with Crippen LogP contribution in [0, 0.1) is 0 Å². The first-order chi connectivity index (χ1) is 9.83. The van der Waals surface area contributed by atoms with Gasteiger partial charge in [0.25, 0.3) is 0 Å². The lowest BCUT2D eigenvalue weighted by atomic mass is 10.2. The molecule has 0 saturated heterocycles. The SMILES string of the molecule is CCCCCC(=O)n1c2ccccc2c2ccccc21. The zero-order valence-corrected chi connectivity index (χ0v) is 11.8. The Balaban J connectivity index is 2.14. The number of benzene rings is 2. The van der Waals surface area contributed by atoms with E-state index in [4.69, 9.17) is 0 Å². The van der Waals surface area contributed by atoms with Gasteiger partial charge in [-0.25, -0.2) is 0 Å². The molecule has 3 aromatic rings. The summed E-state index contributed by atoms with van der Waals surface area (Å²) >= 11 is 0. The molecule has 2 nitrogen and oxygen atoms in total. The summed E-state index contributed by atoms with van der Waals surface area (Å²) in [6, 6.07) is 16.3. The van der Waals surface area contributed by atoms with Crippen molar-refractivity contribution in [3.05, 3.63) is 48.5 Å². The number of nitrogens with zero attached hydrogens (tertiary/aromatic N) is 1. The lowest BCUT2D eigenvalue weighted by Crippen LogP contribution is -2.09. The molecule has 3 rings (SSSR count). The van der Waals surface area contributed by atoms with E-state index in [9.17, 15) is 4.79 Å². The Bertz CT molecular complexity index is 701. The van der Waals surface area contributed by atoms with Crippen molar-refractivity contribution < 1.29 is 4.79 Å². The molecule has 0 atom stereocenters. The Kier molecular flexibility index (Phi) is 3.55. The summed E-state index contributed by atoms with van der Waals surface area (Å²) in [4.78, 5) is 12.6. The smallest absolute Gasteiger partial charge is 0.231 e. The number of rotatable bonds is 4. The first-order valence-electron chi connectivity index (χ1n) is 7.34. The van der Waals surface area contributed by atoms with Crippen LogP contribution in [0.4, 0.5) is 0 Å². The van der Waals surface area contributed by atoms with Gasteiger partial charge in [0.05, 0.1) is 11.0 Å². The molecule has 1 aromatic heterocycles. The van der Waals surface area contributed by atoms with Crippen LogP contribution >= 0.6 is 0 Å². The maximum absolute atomic E-state index is 12.6. The minimum Gasteiger partial charge on any atom is -0.280 e. The second-order valence-corrected chi connectivity index (χ2v) is 5.22. The van der Waals surface area contributed by atoms with Crippen LogP contribution in [0.1, 0.15) is 37.4 Å². The summed E-state index contributed by atoms with van der Waals surface area (Å²) in [5.74, 6) is 0.204. The van der Waals surface area contributed by atoms with E-state index in [1.54, 1.807) is 0 Å². The van der Waals surface area contributed by atoms with E-state index in [1.807, 2.05) is 41.0 Å². The summed E-state index contributed by atoms with van der Waals surface area (Å²) in [6.07, 6.45) is 3.84. The van der Waals surface area contributed by atoms with Gasteiger partial charge in [0.1, 0.15) is 0 Å². The van der Waals surface area contributed by atoms with Gasteiger partial charge in [-0.15, -0.1) is 0 Å². The number of hydrogen-bond donors (Lipinski definition) is 0. The minimum atomic E-state index is 0.204. The minimum absolute atomic E-state index is 0.204. The van der Waals surface area contributed by atoms with Crippen LogP contribution in [-0.2, 0) is 0 Å². The average Bonchev–Trinajstić information content (AvgIpc) is 2.82. The molecular formula is C18H19NO. The maximum atomic E-state index is 12.6. The van der Waals surface area contributed by atoms with Gasteiger partial charge in [-0.2, -0.15) is 0 Å². The summed E-state index contributed by atoms with van der Waals surface area (Å²) in [5, 5.41) is 2.32. The van der Waals surface area contributed by atoms with E-state index in [-0.39, 0.29) is 5.91 Å². The van der Waals surface area contributed by atoms with E-state index in [0.717, 1.165) is 41.1 Å². The van der Waals surface area contributed by atoms with Crippen molar-refractivity contribution in [2.24, 2.45) is 0 Å². The summed E-state index contributed by atoms with van der Waals surface area (Å²) < 4.78 is 1.89. The normalized spacial score (nSPS) is 11.2. The third-order valence-electron chi connectivity index (χ3n) is 3.82. The van der Waals surface area contributed by atoms with Crippen molar-refractivity contribution in [2.45, 2.75) is 32.6 Å². The molecule has 0 bridgehead atoms. The van der Waals surface area contributed by atoms with Gasteiger partial charge >= 0.3 is 0 Å². The number of para-hydroxylation sites is 2. The molecule has 0 fully saturated rings. The summed E-state index contributed by atoms with van der Waals surface area (Å²) in [6.45, 7) is 2.16. The van der Waals surface area contributed by atoms with E-state index in [2.05, 4.69) is 19.1 Å². The second-order valence-electron chi connectivity index (χ2n) is 5.22. The highest BCUT2D eigenvalue weighted by Gasteiger charge is 2.14. The maximum Gasteiger partial charge on any atom is 0.231 e. The van der Waals surface area contributed by atoms with Crippen LogP contribution < -0.4 is 0 Å². The lowest BCUT2D eigenvalue weighted by molar-refractivity contribution is 0.0909. The Morgan fingerprint density at radius 3 is 2.00 bits per heavy atom. The van der Waals surface area contributed by atoms with Crippen molar-refractivity contribution in [3.63, 3.8) is 0 Å². The predicted octanol–water partition coefficient (Wildman–Crippen LogP) is 5.02. The molecule has 0 N–H and O–H groups in total. The van der Waals surface area contributed by atoms with Crippen LogP contribution in [0.2, 0.25) is 0 Å². The van der Waals surface area contributed by atoms with Crippen molar-refractivity contribution in [2.75, 3.05) is 0 Å². The first-order valence-corrected chi connectivity index (χ1v) is 7.34.